The molecule has 1 unspecified atom stereocenters. The molecule has 0 amide bonds. The van der Waals surface area contributed by atoms with Crippen LogP contribution in [0.5, 0.6) is 0 Å². The number of nitrogens with one attached hydrogen (secondary N) is 1. The summed E-state index contributed by atoms with van der Waals surface area (Å²) in [7, 11) is 1.99. The fourth-order valence-corrected chi connectivity index (χ4v) is 2.70. The van der Waals surface area contributed by atoms with E-state index in [1.54, 1.807) is 0 Å². The molecule has 0 saturated heterocycles. The summed E-state index contributed by atoms with van der Waals surface area (Å²) >= 11 is 0. The van der Waals surface area contributed by atoms with Gasteiger partial charge in [0, 0.05) is 5.39 Å². The van der Waals surface area contributed by atoms with Gasteiger partial charge >= 0.3 is 0 Å². The first-order chi connectivity index (χ1) is 8.95. The Morgan fingerprint density at radius 2 is 1.95 bits per heavy atom. The minimum Gasteiger partial charge on any atom is -0.459 e. The Morgan fingerprint density at radius 1 is 1.21 bits per heavy atom. The molecule has 1 atom stereocenters. The zero-order chi connectivity index (χ0) is 14.0. The number of hydrogen-bond donors (Lipinski definition) is 1. The van der Waals surface area contributed by atoms with Gasteiger partial charge in [-0.1, -0.05) is 40.2 Å². The van der Waals surface area contributed by atoms with E-state index in [2.05, 4.69) is 57.3 Å². The summed E-state index contributed by atoms with van der Waals surface area (Å²) in [6, 6.07) is 8.93. The van der Waals surface area contributed by atoms with Crippen LogP contribution in [-0.4, -0.2) is 7.05 Å². The van der Waals surface area contributed by atoms with Crippen LogP contribution in [0.15, 0.2) is 28.7 Å². The summed E-state index contributed by atoms with van der Waals surface area (Å²) in [6.07, 6.45) is 2.31. The minimum absolute atomic E-state index is 0.134. The number of fused-ring (bicyclic) bond motifs is 1. The van der Waals surface area contributed by atoms with E-state index in [-0.39, 0.29) is 11.5 Å². The van der Waals surface area contributed by atoms with Crippen molar-refractivity contribution in [2.24, 2.45) is 5.41 Å². The van der Waals surface area contributed by atoms with Gasteiger partial charge in [-0.25, -0.2) is 0 Å². The second-order valence-electron chi connectivity index (χ2n) is 6.36. The summed E-state index contributed by atoms with van der Waals surface area (Å²) in [5.41, 5.74) is 2.51. The van der Waals surface area contributed by atoms with Gasteiger partial charge in [-0.15, -0.1) is 0 Å². The van der Waals surface area contributed by atoms with Gasteiger partial charge in [0.25, 0.3) is 0 Å². The molecule has 104 valence electrons. The molecule has 1 N–H and O–H groups in total. The molecular formula is C17H25NO. The highest BCUT2D eigenvalue weighted by molar-refractivity contribution is 5.78. The van der Waals surface area contributed by atoms with Crippen molar-refractivity contribution in [3.63, 3.8) is 0 Å². The van der Waals surface area contributed by atoms with Gasteiger partial charge in [0.05, 0.1) is 6.04 Å². The first-order valence-electron chi connectivity index (χ1n) is 7.15. The van der Waals surface area contributed by atoms with Crippen molar-refractivity contribution in [3.8, 4) is 0 Å². The topological polar surface area (TPSA) is 25.2 Å². The van der Waals surface area contributed by atoms with Crippen LogP contribution in [0.3, 0.4) is 0 Å². The molecule has 0 fully saturated rings. The van der Waals surface area contributed by atoms with Crippen LogP contribution in [0.2, 0.25) is 0 Å². The summed E-state index contributed by atoms with van der Waals surface area (Å²) in [5.74, 6) is 1.03. The molecule has 1 heterocycles. The Balaban J connectivity index is 2.40. The Labute approximate surface area is 116 Å². The number of furan rings is 1. The van der Waals surface area contributed by atoms with Gasteiger partial charge in [-0.2, -0.15) is 0 Å². The maximum atomic E-state index is 6.02. The van der Waals surface area contributed by atoms with E-state index in [9.17, 15) is 0 Å². The Hall–Kier alpha value is -1.28. The first-order valence-corrected chi connectivity index (χ1v) is 7.15. The molecule has 1 aromatic heterocycles. The summed E-state index contributed by atoms with van der Waals surface area (Å²) in [6.45, 7) is 8.89. The van der Waals surface area contributed by atoms with Crippen molar-refractivity contribution in [2.45, 2.75) is 46.6 Å². The van der Waals surface area contributed by atoms with E-state index >= 15 is 0 Å². The van der Waals surface area contributed by atoms with Crippen LogP contribution in [0.1, 0.15) is 51.5 Å². The maximum absolute atomic E-state index is 6.02. The van der Waals surface area contributed by atoms with Crippen LogP contribution in [0.4, 0.5) is 0 Å². The lowest BCUT2D eigenvalue weighted by Crippen LogP contribution is -2.29. The smallest absolute Gasteiger partial charge is 0.134 e. The second kappa shape index (κ2) is 5.38. The molecule has 2 nitrogen and oxygen atoms in total. The van der Waals surface area contributed by atoms with Crippen molar-refractivity contribution in [2.75, 3.05) is 7.05 Å². The van der Waals surface area contributed by atoms with E-state index in [0.29, 0.717) is 0 Å². The van der Waals surface area contributed by atoms with Crippen molar-refractivity contribution < 1.29 is 4.42 Å². The van der Waals surface area contributed by atoms with Crippen molar-refractivity contribution >= 4 is 11.0 Å². The second-order valence-corrected chi connectivity index (χ2v) is 6.36. The molecule has 0 radical (unpaired) electrons. The predicted molar refractivity (Wildman–Crippen MR) is 81.5 cm³/mol. The van der Waals surface area contributed by atoms with E-state index in [0.717, 1.165) is 17.8 Å². The van der Waals surface area contributed by atoms with Gasteiger partial charge in [0.1, 0.15) is 11.3 Å². The van der Waals surface area contributed by atoms with Gasteiger partial charge in [-0.3, -0.25) is 0 Å². The van der Waals surface area contributed by atoms with E-state index in [4.69, 9.17) is 4.42 Å². The fourth-order valence-electron chi connectivity index (χ4n) is 2.70. The molecule has 19 heavy (non-hydrogen) atoms. The van der Waals surface area contributed by atoms with E-state index in [1.165, 1.54) is 17.4 Å². The van der Waals surface area contributed by atoms with E-state index in [1.807, 2.05) is 7.05 Å². The lowest BCUT2D eigenvalue weighted by Gasteiger charge is -2.28. The third kappa shape index (κ3) is 3.01. The fraction of sp³-hybridized carbons (Fsp3) is 0.529. The van der Waals surface area contributed by atoms with Crippen LogP contribution in [-0.2, 0) is 6.42 Å². The molecule has 2 rings (SSSR count). The third-order valence-corrected chi connectivity index (χ3v) is 3.58. The molecule has 0 aliphatic heterocycles. The zero-order valence-corrected chi connectivity index (χ0v) is 12.7. The number of hydrogen-bond acceptors (Lipinski definition) is 2. The van der Waals surface area contributed by atoms with Gasteiger partial charge in [0.15, 0.2) is 0 Å². The average Bonchev–Trinajstić information content (AvgIpc) is 2.70. The maximum Gasteiger partial charge on any atom is 0.134 e. The van der Waals surface area contributed by atoms with Crippen LogP contribution in [0.25, 0.3) is 11.0 Å². The summed E-state index contributed by atoms with van der Waals surface area (Å²) < 4.78 is 6.02. The van der Waals surface area contributed by atoms with Crippen molar-refractivity contribution in [1.29, 1.82) is 0 Å². The molecule has 1 aromatic carbocycles. The largest absolute Gasteiger partial charge is 0.459 e. The zero-order valence-electron chi connectivity index (χ0n) is 12.7. The molecule has 2 aromatic rings. The Morgan fingerprint density at radius 3 is 2.53 bits per heavy atom. The van der Waals surface area contributed by atoms with Gasteiger partial charge < -0.3 is 9.73 Å². The SMILES string of the molecule is CCCc1ccc2oc(C(NC)C(C)(C)C)cc2c1. The predicted octanol–water partition coefficient (Wildman–Crippen LogP) is 4.69. The molecule has 2 heteroatoms. The molecule has 0 saturated carbocycles. The minimum atomic E-state index is 0.134. The lowest BCUT2D eigenvalue weighted by atomic mass is 9.85. The van der Waals surface area contributed by atoms with Gasteiger partial charge in [0.2, 0.25) is 0 Å². The number of benzene rings is 1. The van der Waals surface area contributed by atoms with Crippen LogP contribution < -0.4 is 5.32 Å². The monoisotopic (exact) mass is 259 g/mol. The highest BCUT2D eigenvalue weighted by Gasteiger charge is 2.27. The Bertz CT molecular complexity index is 548. The summed E-state index contributed by atoms with van der Waals surface area (Å²) in [5, 5.41) is 4.58. The van der Waals surface area contributed by atoms with Crippen LogP contribution in [0, 0.1) is 5.41 Å². The quantitative estimate of drug-likeness (QED) is 0.861. The van der Waals surface area contributed by atoms with Crippen molar-refractivity contribution in [3.05, 3.63) is 35.6 Å². The average molecular weight is 259 g/mol. The van der Waals surface area contributed by atoms with Gasteiger partial charge in [-0.05, 0) is 42.6 Å². The highest BCUT2D eigenvalue weighted by atomic mass is 16.3. The number of rotatable bonds is 4. The third-order valence-electron chi connectivity index (χ3n) is 3.58. The first kappa shape index (κ1) is 14.1. The molecule has 0 aliphatic rings. The molecule has 0 aliphatic carbocycles. The van der Waals surface area contributed by atoms with Crippen molar-refractivity contribution in [1.82, 2.24) is 5.32 Å². The number of aryl methyl sites for hydroxylation is 1. The highest BCUT2D eigenvalue weighted by Crippen LogP contribution is 2.35. The Kier molecular flexibility index (Phi) is 4.00. The standard InChI is InChI=1S/C17H25NO/c1-6-7-12-8-9-14-13(10-12)11-15(19-14)16(18-5)17(2,3)4/h8-11,16,18H,6-7H2,1-5H3. The van der Waals surface area contributed by atoms with Crippen LogP contribution >= 0.6 is 0 Å². The van der Waals surface area contributed by atoms with E-state index < -0.39 is 0 Å². The molecule has 0 bridgehead atoms. The normalized spacial score (nSPS) is 13.9. The summed E-state index contributed by atoms with van der Waals surface area (Å²) in [4.78, 5) is 0. The molecule has 0 spiro atoms. The lowest BCUT2D eigenvalue weighted by molar-refractivity contribution is 0.253. The molecular weight excluding hydrogens is 234 g/mol.